The predicted octanol–water partition coefficient (Wildman–Crippen LogP) is 1.25. The van der Waals surface area contributed by atoms with Gasteiger partial charge in [-0.15, -0.1) is 0 Å². The maximum Gasteiger partial charge on any atom is 0.275 e. The number of nitrogens with one attached hydrogen (secondary N) is 2. The number of quaternary nitrogens is 1. The molecule has 2 aromatic rings. The average Bonchev–Trinajstić information content (AvgIpc) is 2.90. The van der Waals surface area contributed by atoms with E-state index in [0.29, 0.717) is 25.4 Å². The van der Waals surface area contributed by atoms with Crippen LogP contribution in [0.15, 0.2) is 42.5 Å². The van der Waals surface area contributed by atoms with Gasteiger partial charge < -0.3 is 19.9 Å². The van der Waals surface area contributed by atoms with Gasteiger partial charge in [0.15, 0.2) is 13.2 Å². The lowest BCUT2D eigenvalue weighted by atomic mass is 10.1. The van der Waals surface area contributed by atoms with Crippen molar-refractivity contribution in [2.75, 3.05) is 39.3 Å². The summed E-state index contributed by atoms with van der Waals surface area (Å²) in [5.74, 6) is 0.767. The molecule has 1 aliphatic rings. The van der Waals surface area contributed by atoms with Crippen molar-refractivity contribution in [2.24, 2.45) is 0 Å². The molecule has 0 spiro atoms. The second kappa shape index (κ2) is 9.27. The van der Waals surface area contributed by atoms with Crippen molar-refractivity contribution in [3.63, 3.8) is 0 Å². The predicted molar refractivity (Wildman–Crippen MR) is 114 cm³/mol. The number of hydrogen-bond donors (Lipinski definition) is 2. The molecule has 1 atom stereocenters. The summed E-state index contributed by atoms with van der Waals surface area (Å²) < 4.78 is 5.75. The normalized spacial score (nSPS) is 17.6. The van der Waals surface area contributed by atoms with E-state index >= 15 is 0 Å². The summed E-state index contributed by atoms with van der Waals surface area (Å²) in [5, 5.41) is 5.26. The van der Waals surface area contributed by atoms with Crippen molar-refractivity contribution < 1.29 is 19.2 Å². The third-order valence-corrected chi connectivity index (χ3v) is 5.05. The molecule has 6 nitrogen and oxygen atoms in total. The number of nitrogens with zero attached hydrogens (tertiary/aromatic N) is 1. The van der Waals surface area contributed by atoms with E-state index in [1.54, 1.807) is 0 Å². The van der Waals surface area contributed by atoms with Gasteiger partial charge in [0.25, 0.3) is 11.8 Å². The topological polar surface area (TPSA) is 63.1 Å². The Morgan fingerprint density at radius 1 is 1.07 bits per heavy atom. The van der Waals surface area contributed by atoms with Gasteiger partial charge in [-0.3, -0.25) is 9.59 Å². The van der Waals surface area contributed by atoms with Gasteiger partial charge in [-0.2, -0.15) is 0 Å². The molecule has 3 rings (SSSR count). The van der Waals surface area contributed by atoms with Crippen LogP contribution < -0.4 is 15.0 Å². The van der Waals surface area contributed by atoms with Gasteiger partial charge in [0.05, 0.1) is 19.6 Å². The fourth-order valence-corrected chi connectivity index (χ4v) is 3.66. The number of ether oxygens (including phenoxy) is 1. The molecule has 0 aromatic heterocycles. The fourth-order valence-electron chi connectivity index (χ4n) is 3.66. The molecule has 6 heteroatoms. The Kier molecular flexibility index (Phi) is 6.75. The lowest BCUT2D eigenvalue weighted by Crippen LogP contribution is -3.13. The molecule has 1 saturated heterocycles. The van der Waals surface area contributed by atoms with E-state index in [-0.39, 0.29) is 24.0 Å². The molecule has 2 aromatic carbocycles. The van der Waals surface area contributed by atoms with Crippen molar-refractivity contribution >= 4 is 22.6 Å². The minimum atomic E-state index is -0.218. The summed E-state index contributed by atoms with van der Waals surface area (Å²) in [6, 6.07) is 13.9. The number of amides is 2. The lowest BCUT2D eigenvalue weighted by Gasteiger charge is -2.23. The average molecular weight is 399 g/mol. The number of carbonyl (C=O) groups is 2. The van der Waals surface area contributed by atoms with Crippen LogP contribution in [0.5, 0.6) is 5.75 Å². The zero-order valence-electron chi connectivity index (χ0n) is 17.7. The van der Waals surface area contributed by atoms with Crippen LogP contribution in [-0.2, 0) is 9.59 Å². The van der Waals surface area contributed by atoms with E-state index in [4.69, 9.17) is 4.74 Å². The summed E-state index contributed by atoms with van der Waals surface area (Å²) in [6.45, 7) is 9.48. The van der Waals surface area contributed by atoms with Gasteiger partial charge >= 0.3 is 0 Å². The molecular formula is C23H32N3O3+. The summed E-state index contributed by atoms with van der Waals surface area (Å²) in [5.41, 5.74) is -0.218. The minimum absolute atomic E-state index is 0.00134. The van der Waals surface area contributed by atoms with Gasteiger partial charge in [0, 0.05) is 18.5 Å². The van der Waals surface area contributed by atoms with Gasteiger partial charge in [-0.05, 0) is 43.7 Å². The van der Waals surface area contributed by atoms with Crippen LogP contribution in [0.3, 0.4) is 0 Å². The standard InChI is InChI=1S/C23H31N3O3/c1-23(2,3)24-21(27)16-25-11-6-12-26(14-13-25)22(28)17-29-20-10-9-18-7-4-5-8-19(18)15-20/h4-5,7-10,15H,6,11-14,16-17H2,1-3H3,(H,24,27)/p+1. The van der Waals surface area contributed by atoms with Crippen molar-refractivity contribution in [2.45, 2.75) is 32.7 Å². The molecule has 0 aliphatic carbocycles. The molecule has 1 fully saturated rings. The Morgan fingerprint density at radius 2 is 1.83 bits per heavy atom. The highest BCUT2D eigenvalue weighted by Gasteiger charge is 2.24. The summed E-state index contributed by atoms with van der Waals surface area (Å²) >= 11 is 0. The number of benzene rings is 2. The SMILES string of the molecule is CC(C)(C)NC(=O)C[NH+]1CCCN(C(=O)COc2ccc3ccccc3c2)CC1. The monoisotopic (exact) mass is 398 g/mol. The third-order valence-electron chi connectivity index (χ3n) is 5.05. The largest absolute Gasteiger partial charge is 0.484 e. The molecule has 1 heterocycles. The van der Waals surface area contributed by atoms with E-state index in [0.717, 1.165) is 30.3 Å². The maximum absolute atomic E-state index is 12.6. The van der Waals surface area contributed by atoms with Crippen molar-refractivity contribution in [3.05, 3.63) is 42.5 Å². The number of fused-ring (bicyclic) bond motifs is 1. The first-order valence-electron chi connectivity index (χ1n) is 10.3. The number of hydrogen-bond acceptors (Lipinski definition) is 3. The van der Waals surface area contributed by atoms with Gasteiger partial charge in [-0.1, -0.05) is 30.3 Å². The highest BCUT2D eigenvalue weighted by Crippen LogP contribution is 2.20. The summed E-state index contributed by atoms with van der Waals surface area (Å²) in [7, 11) is 0. The summed E-state index contributed by atoms with van der Waals surface area (Å²) in [6.07, 6.45) is 0.889. The molecule has 1 unspecified atom stereocenters. The van der Waals surface area contributed by atoms with Crippen LogP contribution in [0.2, 0.25) is 0 Å². The van der Waals surface area contributed by atoms with E-state index in [1.165, 1.54) is 4.90 Å². The lowest BCUT2D eigenvalue weighted by molar-refractivity contribution is -0.889. The van der Waals surface area contributed by atoms with Crippen LogP contribution in [0.25, 0.3) is 10.8 Å². The van der Waals surface area contributed by atoms with Crippen molar-refractivity contribution in [3.8, 4) is 5.75 Å². The molecule has 0 saturated carbocycles. The van der Waals surface area contributed by atoms with Crippen LogP contribution in [0.1, 0.15) is 27.2 Å². The molecule has 2 amide bonds. The van der Waals surface area contributed by atoms with Gasteiger partial charge in [0.1, 0.15) is 5.75 Å². The molecule has 156 valence electrons. The molecule has 29 heavy (non-hydrogen) atoms. The Bertz CT molecular complexity index is 860. The molecule has 0 radical (unpaired) electrons. The van der Waals surface area contributed by atoms with E-state index in [2.05, 4.69) is 11.4 Å². The van der Waals surface area contributed by atoms with Gasteiger partial charge in [0.2, 0.25) is 0 Å². The van der Waals surface area contributed by atoms with E-state index in [1.807, 2.05) is 62.1 Å². The molecule has 0 bridgehead atoms. The van der Waals surface area contributed by atoms with Gasteiger partial charge in [-0.25, -0.2) is 0 Å². The van der Waals surface area contributed by atoms with E-state index in [9.17, 15) is 9.59 Å². The Morgan fingerprint density at radius 3 is 2.59 bits per heavy atom. The molecule has 1 aliphatic heterocycles. The second-order valence-electron chi connectivity index (χ2n) is 8.76. The smallest absolute Gasteiger partial charge is 0.275 e. The van der Waals surface area contributed by atoms with Crippen molar-refractivity contribution in [1.29, 1.82) is 0 Å². The second-order valence-corrected chi connectivity index (χ2v) is 8.76. The minimum Gasteiger partial charge on any atom is -0.484 e. The van der Waals surface area contributed by atoms with Crippen LogP contribution in [-0.4, -0.2) is 61.6 Å². The number of rotatable bonds is 5. The third kappa shape index (κ3) is 6.46. The van der Waals surface area contributed by atoms with Crippen LogP contribution in [0.4, 0.5) is 0 Å². The highest BCUT2D eigenvalue weighted by molar-refractivity contribution is 5.84. The summed E-state index contributed by atoms with van der Waals surface area (Å²) in [4.78, 5) is 27.9. The molecular weight excluding hydrogens is 366 g/mol. The van der Waals surface area contributed by atoms with E-state index < -0.39 is 0 Å². The maximum atomic E-state index is 12.6. The van der Waals surface area contributed by atoms with Crippen molar-refractivity contribution in [1.82, 2.24) is 10.2 Å². The van der Waals surface area contributed by atoms with Crippen LogP contribution in [0, 0.1) is 0 Å². The Balaban J connectivity index is 1.48. The zero-order valence-corrected chi connectivity index (χ0v) is 17.7. The highest BCUT2D eigenvalue weighted by atomic mass is 16.5. The van der Waals surface area contributed by atoms with Crippen LogP contribution >= 0.6 is 0 Å². The molecule has 2 N–H and O–H groups in total. The Hall–Kier alpha value is -2.60. The quantitative estimate of drug-likeness (QED) is 0.797. The first-order valence-corrected chi connectivity index (χ1v) is 10.3. The Labute approximate surface area is 172 Å². The first kappa shape index (κ1) is 21.1. The fraction of sp³-hybridized carbons (Fsp3) is 0.478. The number of carbonyl (C=O) groups excluding carboxylic acids is 2. The zero-order chi connectivity index (χ0) is 20.9. The first-order chi connectivity index (χ1) is 13.8.